The van der Waals surface area contributed by atoms with Crippen molar-refractivity contribution in [1.82, 2.24) is 0 Å². The smallest absolute Gasteiger partial charge is 0.344 e. The molecule has 0 atom stereocenters. The molecule has 2 aliphatic rings. The maximum Gasteiger partial charge on any atom is 0.344 e. The lowest BCUT2D eigenvalue weighted by molar-refractivity contribution is -0.128. The summed E-state index contributed by atoms with van der Waals surface area (Å²) in [6.45, 7) is 6.14. The maximum atomic E-state index is 12.8. The van der Waals surface area contributed by atoms with Crippen LogP contribution in [0.4, 0.5) is 11.4 Å². The number of esters is 2. The van der Waals surface area contributed by atoms with Gasteiger partial charge in [0, 0.05) is 27.9 Å². The molecule has 0 saturated carbocycles. The van der Waals surface area contributed by atoms with Crippen molar-refractivity contribution in [2.45, 2.75) is 26.8 Å². The SMILES string of the molecule is Cc1cc(C2=c3cc4c(cc3OC2=O)=C(c2ccc(N)cc2)C(=O)O4)ccc1NC(C)C. The van der Waals surface area contributed by atoms with Gasteiger partial charge >= 0.3 is 11.9 Å². The van der Waals surface area contributed by atoms with Crippen molar-refractivity contribution >= 4 is 34.5 Å². The van der Waals surface area contributed by atoms with Crippen LogP contribution >= 0.6 is 0 Å². The van der Waals surface area contributed by atoms with E-state index in [0.29, 0.717) is 50.4 Å². The first kappa shape index (κ1) is 19.9. The van der Waals surface area contributed by atoms with Crippen LogP contribution in [0.2, 0.25) is 0 Å². The van der Waals surface area contributed by atoms with E-state index in [2.05, 4.69) is 19.2 Å². The second-order valence-electron chi connectivity index (χ2n) is 8.32. The molecule has 6 heteroatoms. The van der Waals surface area contributed by atoms with Gasteiger partial charge in [0.25, 0.3) is 0 Å². The standard InChI is InChI=1S/C26H22N2O4/c1-13(2)28-20-9-6-16(10-14(20)3)24-19-12-21-18(11-22(19)32-26(24)30)23(25(29)31-21)15-4-7-17(27)8-5-15/h4-13,28H,27H2,1-3H3. The third-order valence-corrected chi connectivity index (χ3v) is 5.59. The first-order valence-corrected chi connectivity index (χ1v) is 10.4. The van der Waals surface area contributed by atoms with E-state index in [9.17, 15) is 9.59 Å². The topological polar surface area (TPSA) is 90.7 Å². The van der Waals surface area contributed by atoms with Crippen LogP contribution in [0.5, 0.6) is 11.5 Å². The zero-order chi connectivity index (χ0) is 22.6. The van der Waals surface area contributed by atoms with Crippen LogP contribution in [0.15, 0.2) is 54.6 Å². The Labute approximate surface area is 185 Å². The number of hydrogen-bond acceptors (Lipinski definition) is 6. The fraction of sp³-hybridized carbons (Fsp3) is 0.154. The summed E-state index contributed by atoms with van der Waals surface area (Å²) in [7, 11) is 0. The number of benzene rings is 3. The second-order valence-corrected chi connectivity index (χ2v) is 8.32. The van der Waals surface area contributed by atoms with Crippen molar-refractivity contribution in [2.24, 2.45) is 0 Å². The van der Waals surface area contributed by atoms with Crippen LogP contribution in [0.1, 0.15) is 30.5 Å². The number of carbonyl (C=O) groups is 2. The van der Waals surface area contributed by atoms with Crippen molar-refractivity contribution in [3.8, 4) is 11.5 Å². The monoisotopic (exact) mass is 426 g/mol. The number of nitrogen functional groups attached to an aromatic ring is 1. The molecule has 0 aromatic heterocycles. The van der Waals surface area contributed by atoms with E-state index in [0.717, 1.165) is 16.8 Å². The van der Waals surface area contributed by atoms with E-state index in [4.69, 9.17) is 15.2 Å². The average molecular weight is 426 g/mol. The summed E-state index contributed by atoms with van der Waals surface area (Å²) in [6, 6.07) is 16.5. The van der Waals surface area contributed by atoms with E-state index < -0.39 is 11.9 Å². The van der Waals surface area contributed by atoms with Gasteiger partial charge in [0.15, 0.2) is 0 Å². The van der Waals surface area contributed by atoms with Crippen LogP contribution in [0, 0.1) is 6.92 Å². The molecule has 160 valence electrons. The molecule has 0 unspecified atom stereocenters. The van der Waals surface area contributed by atoms with Gasteiger partial charge in [0.1, 0.15) is 11.5 Å². The zero-order valence-electron chi connectivity index (χ0n) is 18.0. The van der Waals surface area contributed by atoms with Crippen molar-refractivity contribution < 1.29 is 19.1 Å². The molecule has 3 aromatic carbocycles. The van der Waals surface area contributed by atoms with Gasteiger partial charge in [-0.3, -0.25) is 0 Å². The molecule has 0 bridgehead atoms. The molecule has 6 nitrogen and oxygen atoms in total. The van der Waals surface area contributed by atoms with E-state index in [-0.39, 0.29) is 0 Å². The normalized spacial score (nSPS) is 14.4. The van der Waals surface area contributed by atoms with Gasteiger partial charge in [-0.15, -0.1) is 0 Å². The highest BCUT2D eigenvalue weighted by molar-refractivity contribution is 6.21. The summed E-state index contributed by atoms with van der Waals surface area (Å²) in [4.78, 5) is 25.4. The summed E-state index contributed by atoms with van der Waals surface area (Å²) >= 11 is 0. The molecule has 32 heavy (non-hydrogen) atoms. The Morgan fingerprint density at radius 2 is 1.31 bits per heavy atom. The van der Waals surface area contributed by atoms with Gasteiger partial charge in [0.05, 0.1) is 11.1 Å². The quantitative estimate of drug-likeness (QED) is 0.379. The number of nitrogens with one attached hydrogen (secondary N) is 1. The fourth-order valence-electron chi connectivity index (χ4n) is 4.13. The van der Waals surface area contributed by atoms with E-state index in [1.54, 1.807) is 36.4 Å². The van der Waals surface area contributed by atoms with Gasteiger partial charge in [-0.1, -0.05) is 18.2 Å². The summed E-state index contributed by atoms with van der Waals surface area (Å²) < 4.78 is 11.1. The van der Waals surface area contributed by atoms with Crippen LogP contribution in [-0.2, 0) is 9.59 Å². The summed E-state index contributed by atoms with van der Waals surface area (Å²) in [6.07, 6.45) is 0. The van der Waals surface area contributed by atoms with Crippen LogP contribution in [0.3, 0.4) is 0 Å². The lowest BCUT2D eigenvalue weighted by Crippen LogP contribution is -2.12. The van der Waals surface area contributed by atoms with E-state index in [1.165, 1.54) is 0 Å². The summed E-state index contributed by atoms with van der Waals surface area (Å²) in [5, 5.41) is 4.60. The molecule has 0 saturated heterocycles. The third-order valence-electron chi connectivity index (χ3n) is 5.59. The van der Waals surface area contributed by atoms with E-state index >= 15 is 0 Å². The highest BCUT2D eigenvalue weighted by atomic mass is 16.5. The summed E-state index contributed by atoms with van der Waals surface area (Å²) in [5.74, 6) is -0.0440. The number of anilines is 2. The highest BCUT2D eigenvalue weighted by Crippen LogP contribution is 2.29. The van der Waals surface area contributed by atoms with Crippen LogP contribution in [0.25, 0.3) is 11.1 Å². The van der Waals surface area contributed by atoms with Crippen LogP contribution < -0.4 is 31.0 Å². The molecule has 0 fully saturated rings. The van der Waals surface area contributed by atoms with E-state index in [1.807, 2.05) is 25.1 Å². The number of nitrogens with two attached hydrogens (primary N) is 1. The largest absolute Gasteiger partial charge is 0.422 e. The molecule has 2 aliphatic heterocycles. The lowest BCUT2D eigenvalue weighted by atomic mass is 9.99. The minimum absolute atomic E-state index is 0.299. The maximum absolute atomic E-state index is 12.8. The predicted octanol–water partition coefficient (Wildman–Crippen LogP) is 2.63. The number of aryl methyl sites for hydroxylation is 1. The van der Waals surface area contributed by atoms with Crippen molar-refractivity contribution in [2.75, 3.05) is 11.1 Å². The highest BCUT2D eigenvalue weighted by Gasteiger charge is 2.30. The van der Waals surface area contributed by atoms with Gasteiger partial charge in [0.2, 0.25) is 0 Å². The van der Waals surface area contributed by atoms with Crippen molar-refractivity contribution in [3.63, 3.8) is 0 Å². The Morgan fingerprint density at radius 1 is 0.781 bits per heavy atom. The van der Waals surface area contributed by atoms with Gasteiger partial charge < -0.3 is 20.5 Å². The Balaban J connectivity index is 1.68. The summed E-state index contributed by atoms with van der Waals surface area (Å²) in [5.41, 5.74) is 10.7. The minimum atomic E-state index is -0.443. The molecule has 0 aliphatic carbocycles. The number of rotatable bonds is 4. The van der Waals surface area contributed by atoms with Gasteiger partial charge in [-0.05, 0) is 73.9 Å². The molecule has 0 spiro atoms. The molecule has 0 radical (unpaired) electrons. The van der Waals surface area contributed by atoms with Crippen molar-refractivity contribution in [1.29, 1.82) is 0 Å². The molecule has 0 amide bonds. The molecular formula is C26H22N2O4. The number of ether oxygens (including phenoxy) is 2. The predicted molar refractivity (Wildman–Crippen MR) is 123 cm³/mol. The Bertz CT molecular complexity index is 1420. The van der Waals surface area contributed by atoms with Crippen LogP contribution in [-0.4, -0.2) is 18.0 Å². The molecule has 5 rings (SSSR count). The fourth-order valence-corrected chi connectivity index (χ4v) is 4.13. The first-order valence-electron chi connectivity index (χ1n) is 10.4. The van der Waals surface area contributed by atoms with Gasteiger partial charge in [-0.2, -0.15) is 0 Å². The molecule has 3 aromatic rings. The molecule has 3 N–H and O–H groups in total. The number of carbonyl (C=O) groups excluding carboxylic acids is 2. The molecule has 2 heterocycles. The number of hydrogen-bond donors (Lipinski definition) is 2. The Morgan fingerprint density at radius 3 is 1.84 bits per heavy atom. The first-order chi connectivity index (χ1) is 15.3. The molecular weight excluding hydrogens is 404 g/mol. The average Bonchev–Trinajstić information content (AvgIpc) is 3.22. The van der Waals surface area contributed by atoms with Crippen molar-refractivity contribution in [3.05, 3.63) is 81.7 Å². The lowest BCUT2D eigenvalue weighted by Gasteiger charge is -2.13. The second kappa shape index (κ2) is 7.27. The Kier molecular flexibility index (Phi) is 4.51. The zero-order valence-corrected chi connectivity index (χ0v) is 18.0. The Hall–Kier alpha value is -4.06. The number of fused-ring (bicyclic) bond motifs is 2. The minimum Gasteiger partial charge on any atom is -0.422 e. The third kappa shape index (κ3) is 3.21. The van der Waals surface area contributed by atoms with Gasteiger partial charge in [-0.25, -0.2) is 9.59 Å².